The number of unbranched alkanes of at least 4 members (excludes halogenated alkanes) is 1. The highest BCUT2D eigenvalue weighted by Gasteiger charge is 2.70. The summed E-state index contributed by atoms with van der Waals surface area (Å²) in [4.78, 5) is 24.6. The van der Waals surface area contributed by atoms with Crippen molar-refractivity contribution in [3.8, 4) is 5.75 Å². The summed E-state index contributed by atoms with van der Waals surface area (Å²) in [5.74, 6) is 3.43. The van der Waals surface area contributed by atoms with Gasteiger partial charge in [-0.25, -0.2) is 0 Å². The zero-order valence-corrected chi connectivity index (χ0v) is 33.1. The number of methoxy groups -OCH3 is 1. The molecule has 0 aliphatic heterocycles. The Morgan fingerprint density at radius 2 is 1.70 bits per heavy atom. The molecule has 1 aromatic carbocycles. The van der Waals surface area contributed by atoms with Crippen LogP contribution in [0.1, 0.15) is 151 Å². The summed E-state index contributed by atoms with van der Waals surface area (Å²) in [5, 5.41) is 4.07. The average Bonchev–Trinajstić information content (AvgIpc) is 3.51. The van der Waals surface area contributed by atoms with Crippen LogP contribution in [0.25, 0.3) is 0 Å². The van der Waals surface area contributed by atoms with Gasteiger partial charge in [-0.05, 0) is 128 Å². The molecule has 0 radical (unpaired) electrons. The van der Waals surface area contributed by atoms with Crippen molar-refractivity contribution in [2.75, 3.05) is 7.11 Å². The lowest BCUT2D eigenvalue weighted by molar-refractivity contribution is -0.247. The number of rotatable bonds is 11. The third-order valence-corrected chi connectivity index (χ3v) is 16.3. The summed E-state index contributed by atoms with van der Waals surface area (Å²) in [6, 6.07) is 8.55. The van der Waals surface area contributed by atoms with E-state index in [9.17, 15) is 9.59 Å². The Morgan fingerprint density at radius 1 is 0.920 bits per heavy atom. The van der Waals surface area contributed by atoms with Crippen LogP contribution >= 0.6 is 0 Å². The van der Waals surface area contributed by atoms with E-state index in [0.29, 0.717) is 22.7 Å². The first-order chi connectivity index (χ1) is 23.6. The number of ether oxygens (including phenoxy) is 2. The third kappa shape index (κ3) is 6.07. The van der Waals surface area contributed by atoms with Crippen LogP contribution in [0.15, 0.2) is 36.0 Å². The molecule has 8 unspecified atom stereocenters. The Kier molecular flexibility index (Phi) is 10.2. The minimum absolute atomic E-state index is 0.0848. The summed E-state index contributed by atoms with van der Waals surface area (Å²) in [6.45, 7) is 19.7. The van der Waals surface area contributed by atoms with Crippen molar-refractivity contribution >= 4 is 12.3 Å². The summed E-state index contributed by atoms with van der Waals surface area (Å²) < 4.78 is 11.8. The van der Waals surface area contributed by atoms with Crippen molar-refractivity contribution in [3.05, 3.63) is 41.6 Å². The van der Waals surface area contributed by atoms with Crippen molar-refractivity contribution in [2.45, 2.75) is 158 Å². The minimum atomic E-state index is -0.680. The van der Waals surface area contributed by atoms with Gasteiger partial charge in [-0.15, -0.1) is 0 Å². The van der Waals surface area contributed by atoms with E-state index in [1.807, 2.05) is 19.9 Å². The molecular weight excluding hydrogens is 618 g/mol. The minimum Gasteiger partial charge on any atom is -0.497 e. The Labute approximate surface area is 304 Å². The molecule has 0 spiro atoms. The van der Waals surface area contributed by atoms with Gasteiger partial charge >= 0.3 is 5.97 Å². The molecule has 5 fully saturated rings. The number of fused-ring (bicyclic) bond motifs is 7. The lowest BCUT2D eigenvalue weighted by Gasteiger charge is -2.72. The van der Waals surface area contributed by atoms with Crippen LogP contribution in [-0.4, -0.2) is 25.5 Å². The molecule has 0 saturated heterocycles. The van der Waals surface area contributed by atoms with E-state index in [1.165, 1.54) is 69.8 Å². The van der Waals surface area contributed by atoms with Crippen molar-refractivity contribution in [1.82, 2.24) is 5.32 Å². The molecule has 1 N–H and O–H groups in total. The number of benzene rings is 1. The Hall–Kier alpha value is -2.30. The van der Waals surface area contributed by atoms with E-state index in [2.05, 4.69) is 71.1 Å². The molecule has 0 amide bonds. The molecule has 278 valence electrons. The lowest BCUT2D eigenvalue weighted by Crippen LogP contribution is -2.66. The molecule has 0 aromatic heterocycles. The fourth-order valence-corrected chi connectivity index (χ4v) is 13.6. The topological polar surface area (TPSA) is 64.6 Å². The Bertz CT molecular complexity index is 1450. The molecule has 5 saturated carbocycles. The maximum atomic E-state index is 13.1. The average molecular weight is 688 g/mol. The summed E-state index contributed by atoms with van der Waals surface area (Å²) in [6.07, 6.45) is 19.7. The summed E-state index contributed by atoms with van der Waals surface area (Å²) >= 11 is 0. The van der Waals surface area contributed by atoms with Gasteiger partial charge in [-0.2, -0.15) is 0 Å². The first kappa shape index (κ1) is 37.5. The Balaban J connectivity index is 1.23. The number of carbonyl (C=O) groups is 2. The molecule has 5 aliphatic carbocycles. The lowest BCUT2D eigenvalue weighted by atomic mass is 9.32. The summed E-state index contributed by atoms with van der Waals surface area (Å²) in [5.41, 5.74) is 3.21. The van der Waals surface area contributed by atoms with Crippen LogP contribution in [0, 0.1) is 56.2 Å². The number of hydrogen-bond acceptors (Lipinski definition) is 5. The van der Waals surface area contributed by atoms with Crippen LogP contribution in [0.4, 0.5) is 0 Å². The van der Waals surface area contributed by atoms with E-state index in [0.717, 1.165) is 49.7 Å². The standard InChI is InChI=1S/C45H69NO4/c1-10-11-17-37(46-29-31-14-12-15-32(27-31)49-9)45-22-13-16-34(45)33-18-19-36-42(6)23-21-38(50-39(48)28-40(2,3)30-47)41(4,5)35(42)20-24-44(36,8)43(33,7)25-26-45/h12,14-15,17,27,30,33-36,38,46H,10-11,13,16,18-26,28-29H2,1-9H3/b37-17-/t33?,34?,35?,36?,38?,42?,43-,44?,45?/m1/s1. The molecular formula is C45H69NO4. The van der Waals surface area contributed by atoms with Crippen LogP contribution in [0.2, 0.25) is 0 Å². The van der Waals surface area contributed by atoms with Crippen molar-refractivity contribution in [1.29, 1.82) is 0 Å². The molecule has 50 heavy (non-hydrogen) atoms. The second-order valence-corrected chi connectivity index (χ2v) is 19.6. The second-order valence-electron chi connectivity index (χ2n) is 19.6. The zero-order valence-electron chi connectivity index (χ0n) is 33.1. The highest BCUT2D eigenvalue weighted by Crippen LogP contribution is 2.77. The van der Waals surface area contributed by atoms with Gasteiger partial charge in [0.25, 0.3) is 0 Å². The number of esters is 1. The van der Waals surface area contributed by atoms with Crippen LogP contribution < -0.4 is 10.1 Å². The van der Waals surface area contributed by atoms with Crippen LogP contribution in [0.3, 0.4) is 0 Å². The predicted octanol–water partition coefficient (Wildman–Crippen LogP) is 10.9. The van der Waals surface area contributed by atoms with E-state index in [1.54, 1.807) is 12.8 Å². The van der Waals surface area contributed by atoms with Gasteiger partial charge in [0.05, 0.1) is 13.5 Å². The van der Waals surface area contributed by atoms with Crippen molar-refractivity contribution in [2.24, 2.45) is 56.2 Å². The summed E-state index contributed by atoms with van der Waals surface area (Å²) in [7, 11) is 1.76. The largest absolute Gasteiger partial charge is 0.497 e. The number of hydrogen-bond donors (Lipinski definition) is 1. The number of nitrogens with one attached hydrogen (secondary N) is 1. The van der Waals surface area contributed by atoms with E-state index < -0.39 is 5.41 Å². The number of aldehydes is 1. The fraction of sp³-hybridized carbons (Fsp3) is 0.778. The SMILES string of the molecule is CCC/C=C(\NCc1cccc(OC)c1)C12CCCC1C1CCC3C4(C)CCC(OC(=O)CC(C)(C)C=O)C(C)(C)C4CCC3(C)[C@]1(C)CC2. The smallest absolute Gasteiger partial charge is 0.307 e. The van der Waals surface area contributed by atoms with Gasteiger partial charge in [0.2, 0.25) is 0 Å². The molecule has 0 bridgehead atoms. The highest BCUT2D eigenvalue weighted by molar-refractivity contribution is 5.75. The van der Waals surface area contributed by atoms with Crippen LogP contribution in [-0.2, 0) is 20.9 Å². The molecule has 1 aromatic rings. The molecule has 0 heterocycles. The molecule has 5 aliphatic rings. The van der Waals surface area contributed by atoms with Gasteiger partial charge in [0, 0.05) is 28.5 Å². The quantitative estimate of drug-likeness (QED) is 0.185. The van der Waals surface area contributed by atoms with Crippen molar-refractivity contribution in [3.63, 3.8) is 0 Å². The Morgan fingerprint density at radius 3 is 2.42 bits per heavy atom. The molecule has 9 atom stereocenters. The number of allylic oxidation sites excluding steroid dienone is 2. The zero-order chi connectivity index (χ0) is 36.2. The normalized spacial score (nSPS) is 39.3. The maximum absolute atomic E-state index is 13.1. The van der Waals surface area contributed by atoms with Gasteiger partial charge in [0.1, 0.15) is 18.1 Å². The first-order valence-electron chi connectivity index (χ1n) is 20.3. The van der Waals surface area contributed by atoms with Crippen molar-refractivity contribution < 1.29 is 19.1 Å². The first-order valence-corrected chi connectivity index (χ1v) is 20.3. The number of carbonyl (C=O) groups excluding carboxylic acids is 2. The monoisotopic (exact) mass is 688 g/mol. The van der Waals surface area contributed by atoms with Gasteiger partial charge in [-0.3, -0.25) is 4.79 Å². The highest BCUT2D eigenvalue weighted by atomic mass is 16.5. The second kappa shape index (κ2) is 13.6. The fourth-order valence-electron chi connectivity index (χ4n) is 13.6. The maximum Gasteiger partial charge on any atom is 0.307 e. The van der Waals surface area contributed by atoms with E-state index in [4.69, 9.17) is 9.47 Å². The predicted molar refractivity (Wildman–Crippen MR) is 202 cm³/mol. The van der Waals surface area contributed by atoms with E-state index in [-0.39, 0.29) is 34.7 Å². The third-order valence-electron chi connectivity index (χ3n) is 16.3. The van der Waals surface area contributed by atoms with Gasteiger partial charge < -0.3 is 19.6 Å². The molecule has 6 rings (SSSR count). The molecule has 5 heteroatoms. The van der Waals surface area contributed by atoms with Crippen LogP contribution in [0.5, 0.6) is 5.75 Å². The van der Waals surface area contributed by atoms with E-state index >= 15 is 0 Å². The van der Waals surface area contributed by atoms with Gasteiger partial charge in [0.15, 0.2) is 0 Å². The molecule has 5 nitrogen and oxygen atoms in total. The van der Waals surface area contributed by atoms with Gasteiger partial charge in [-0.1, -0.05) is 86.4 Å².